The summed E-state index contributed by atoms with van der Waals surface area (Å²) < 4.78 is 0. The average Bonchev–Trinajstić information content (AvgIpc) is 2.61. The highest BCUT2D eigenvalue weighted by Crippen LogP contribution is 2.28. The maximum Gasteiger partial charge on any atom is 0.0389 e. The Hall–Kier alpha value is -1.37. The zero-order valence-electron chi connectivity index (χ0n) is 8.51. The third-order valence-electron chi connectivity index (χ3n) is 2.66. The standard InChI is InChI=1S/C13H15N/c1-2-5-13(14)12-9-8-10-6-3-4-7-11(10)12/h3-4,6-7,9,14H,2,5,8H2,1H3. The fourth-order valence-corrected chi connectivity index (χ4v) is 1.95. The second-order valence-corrected chi connectivity index (χ2v) is 3.71. The Kier molecular flexibility index (Phi) is 2.49. The molecule has 1 N–H and O–H groups in total. The van der Waals surface area contributed by atoms with E-state index >= 15 is 0 Å². The van der Waals surface area contributed by atoms with Crippen LogP contribution < -0.4 is 0 Å². The summed E-state index contributed by atoms with van der Waals surface area (Å²) in [7, 11) is 0. The number of nitrogens with one attached hydrogen (secondary N) is 1. The van der Waals surface area contributed by atoms with Crippen molar-refractivity contribution >= 4 is 11.3 Å². The molecule has 14 heavy (non-hydrogen) atoms. The van der Waals surface area contributed by atoms with Crippen LogP contribution in [0.3, 0.4) is 0 Å². The minimum Gasteiger partial charge on any atom is -0.305 e. The molecule has 1 aromatic carbocycles. The third kappa shape index (κ3) is 1.50. The van der Waals surface area contributed by atoms with E-state index in [0.29, 0.717) is 0 Å². The van der Waals surface area contributed by atoms with Gasteiger partial charge in [0, 0.05) is 5.71 Å². The van der Waals surface area contributed by atoms with Crippen LogP contribution in [-0.2, 0) is 6.42 Å². The van der Waals surface area contributed by atoms with E-state index in [1.807, 2.05) is 0 Å². The second kappa shape index (κ2) is 3.79. The largest absolute Gasteiger partial charge is 0.305 e. The molecule has 0 fully saturated rings. The highest BCUT2D eigenvalue weighted by atomic mass is 14.4. The topological polar surface area (TPSA) is 23.9 Å². The molecule has 1 aromatic rings. The molecule has 0 atom stereocenters. The van der Waals surface area contributed by atoms with Gasteiger partial charge in [0.25, 0.3) is 0 Å². The molecule has 0 saturated heterocycles. The lowest BCUT2D eigenvalue weighted by Crippen LogP contribution is -1.98. The first-order valence-electron chi connectivity index (χ1n) is 5.19. The first-order chi connectivity index (χ1) is 6.83. The number of hydrogen-bond donors (Lipinski definition) is 1. The normalized spacial score (nSPS) is 13.6. The Morgan fingerprint density at radius 1 is 1.36 bits per heavy atom. The summed E-state index contributed by atoms with van der Waals surface area (Å²) in [5, 5.41) is 7.95. The Morgan fingerprint density at radius 3 is 2.93 bits per heavy atom. The highest BCUT2D eigenvalue weighted by Gasteiger charge is 2.15. The van der Waals surface area contributed by atoms with Crippen molar-refractivity contribution in [1.29, 1.82) is 5.41 Å². The van der Waals surface area contributed by atoms with Crippen LogP contribution in [0, 0.1) is 5.41 Å². The number of allylic oxidation sites excluding steroid dienone is 2. The van der Waals surface area contributed by atoms with Crippen molar-refractivity contribution in [3.63, 3.8) is 0 Å². The summed E-state index contributed by atoms with van der Waals surface area (Å²) in [5.41, 5.74) is 4.58. The fourth-order valence-electron chi connectivity index (χ4n) is 1.95. The quantitative estimate of drug-likeness (QED) is 0.697. The minimum atomic E-state index is 0.789. The lowest BCUT2D eigenvalue weighted by Gasteiger charge is -2.05. The minimum absolute atomic E-state index is 0.789. The predicted molar refractivity (Wildman–Crippen MR) is 60.8 cm³/mol. The second-order valence-electron chi connectivity index (χ2n) is 3.71. The van der Waals surface area contributed by atoms with Crippen LogP contribution in [0.4, 0.5) is 0 Å². The molecule has 72 valence electrons. The lowest BCUT2D eigenvalue weighted by molar-refractivity contribution is 0.992. The lowest BCUT2D eigenvalue weighted by atomic mass is 10.00. The SMILES string of the molecule is CCCC(=N)C1=CCc2ccccc21. The van der Waals surface area contributed by atoms with Gasteiger partial charge in [-0.05, 0) is 29.5 Å². The summed E-state index contributed by atoms with van der Waals surface area (Å²) >= 11 is 0. The number of rotatable bonds is 3. The van der Waals surface area contributed by atoms with E-state index in [1.165, 1.54) is 11.1 Å². The Bertz CT molecular complexity index is 388. The zero-order valence-corrected chi connectivity index (χ0v) is 8.51. The molecule has 0 heterocycles. The van der Waals surface area contributed by atoms with Gasteiger partial charge < -0.3 is 5.41 Å². The van der Waals surface area contributed by atoms with Crippen molar-refractivity contribution in [3.05, 3.63) is 41.5 Å². The molecule has 1 aliphatic rings. The predicted octanol–water partition coefficient (Wildman–Crippen LogP) is 3.45. The molecule has 0 saturated carbocycles. The first kappa shape index (κ1) is 9.20. The monoisotopic (exact) mass is 185 g/mol. The van der Waals surface area contributed by atoms with Gasteiger partial charge in [-0.25, -0.2) is 0 Å². The molecule has 0 spiro atoms. The van der Waals surface area contributed by atoms with Crippen molar-refractivity contribution in [2.45, 2.75) is 26.2 Å². The molecule has 1 nitrogen and oxygen atoms in total. The van der Waals surface area contributed by atoms with Crippen LogP contribution in [0.2, 0.25) is 0 Å². The Morgan fingerprint density at radius 2 is 2.14 bits per heavy atom. The molecular weight excluding hydrogens is 170 g/mol. The van der Waals surface area contributed by atoms with Gasteiger partial charge in [0.15, 0.2) is 0 Å². The van der Waals surface area contributed by atoms with Gasteiger partial charge in [0.2, 0.25) is 0 Å². The summed E-state index contributed by atoms with van der Waals surface area (Å²) in [5.74, 6) is 0. The van der Waals surface area contributed by atoms with Gasteiger partial charge in [0.05, 0.1) is 0 Å². The number of benzene rings is 1. The van der Waals surface area contributed by atoms with E-state index in [4.69, 9.17) is 5.41 Å². The zero-order chi connectivity index (χ0) is 9.97. The van der Waals surface area contributed by atoms with Crippen molar-refractivity contribution in [3.8, 4) is 0 Å². The van der Waals surface area contributed by atoms with Gasteiger partial charge in [-0.2, -0.15) is 0 Å². The maximum absolute atomic E-state index is 7.95. The molecule has 0 radical (unpaired) electrons. The molecule has 0 amide bonds. The van der Waals surface area contributed by atoms with E-state index in [1.54, 1.807) is 0 Å². The first-order valence-corrected chi connectivity index (χ1v) is 5.19. The van der Waals surface area contributed by atoms with E-state index in [2.05, 4.69) is 37.3 Å². The molecule has 0 unspecified atom stereocenters. The molecule has 1 aliphatic carbocycles. The van der Waals surface area contributed by atoms with Gasteiger partial charge in [-0.15, -0.1) is 0 Å². The van der Waals surface area contributed by atoms with E-state index in [9.17, 15) is 0 Å². The summed E-state index contributed by atoms with van der Waals surface area (Å²) in [6, 6.07) is 8.40. The van der Waals surface area contributed by atoms with Crippen LogP contribution in [0.15, 0.2) is 30.3 Å². The van der Waals surface area contributed by atoms with Gasteiger partial charge >= 0.3 is 0 Å². The molecule has 0 aliphatic heterocycles. The van der Waals surface area contributed by atoms with Crippen molar-refractivity contribution in [1.82, 2.24) is 0 Å². The summed E-state index contributed by atoms with van der Waals surface area (Å²) in [4.78, 5) is 0. The fraction of sp³-hybridized carbons (Fsp3) is 0.308. The average molecular weight is 185 g/mol. The van der Waals surface area contributed by atoms with Crippen LogP contribution >= 0.6 is 0 Å². The van der Waals surface area contributed by atoms with Crippen LogP contribution in [0.5, 0.6) is 0 Å². The molecule has 1 heteroatoms. The Balaban J connectivity index is 2.29. The number of hydrogen-bond acceptors (Lipinski definition) is 1. The van der Waals surface area contributed by atoms with Crippen molar-refractivity contribution in [2.24, 2.45) is 0 Å². The van der Waals surface area contributed by atoms with Crippen LogP contribution in [0.1, 0.15) is 30.9 Å². The molecule has 0 aromatic heterocycles. The molecule has 2 rings (SSSR count). The van der Waals surface area contributed by atoms with Crippen molar-refractivity contribution in [2.75, 3.05) is 0 Å². The highest BCUT2D eigenvalue weighted by molar-refractivity contribution is 6.23. The van der Waals surface area contributed by atoms with Crippen LogP contribution in [-0.4, -0.2) is 5.71 Å². The number of fused-ring (bicyclic) bond motifs is 1. The van der Waals surface area contributed by atoms with Gasteiger partial charge in [-0.1, -0.05) is 43.7 Å². The smallest absolute Gasteiger partial charge is 0.0389 e. The molecular formula is C13H15N. The van der Waals surface area contributed by atoms with E-state index < -0.39 is 0 Å². The van der Waals surface area contributed by atoms with Gasteiger partial charge in [0.1, 0.15) is 0 Å². The van der Waals surface area contributed by atoms with E-state index in [0.717, 1.165) is 30.5 Å². The van der Waals surface area contributed by atoms with Crippen LogP contribution in [0.25, 0.3) is 5.57 Å². The summed E-state index contributed by atoms with van der Waals surface area (Å²) in [6.07, 6.45) is 5.12. The van der Waals surface area contributed by atoms with Gasteiger partial charge in [-0.3, -0.25) is 0 Å². The van der Waals surface area contributed by atoms with Crippen molar-refractivity contribution < 1.29 is 0 Å². The Labute approximate surface area is 85.0 Å². The third-order valence-corrected chi connectivity index (χ3v) is 2.66. The van der Waals surface area contributed by atoms with E-state index in [-0.39, 0.29) is 0 Å². The maximum atomic E-state index is 7.95. The summed E-state index contributed by atoms with van der Waals surface area (Å²) in [6.45, 7) is 2.12. The molecule has 0 bridgehead atoms.